The van der Waals surface area contributed by atoms with Crippen molar-refractivity contribution in [2.45, 2.75) is 6.54 Å². The van der Waals surface area contributed by atoms with Crippen molar-refractivity contribution in [3.8, 4) is 5.75 Å². The minimum absolute atomic E-state index is 0.0358. The fourth-order valence-corrected chi connectivity index (χ4v) is 3.96. The molecule has 0 aliphatic carbocycles. The van der Waals surface area contributed by atoms with E-state index in [9.17, 15) is 9.59 Å². The number of hydrogen-bond acceptors (Lipinski definition) is 6. The molecule has 1 amide bonds. The number of piperazine rings is 1. The van der Waals surface area contributed by atoms with Crippen molar-refractivity contribution in [2.24, 2.45) is 0 Å². The van der Waals surface area contributed by atoms with Gasteiger partial charge in [0.1, 0.15) is 5.75 Å². The van der Waals surface area contributed by atoms with Gasteiger partial charge in [-0.3, -0.25) is 18.9 Å². The molecule has 3 aromatic rings. The Morgan fingerprint density at radius 2 is 1.93 bits per heavy atom. The second-order valence-electron chi connectivity index (χ2n) is 6.44. The molecule has 4 rings (SSSR count). The molecule has 1 aliphatic rings. The highest BCUT2D eigenvalue weighted by atomic mass is 32.1. The standard InChI is InChI=1S/C19H20N4O3S/c1-26-16-4-2-14(3-5-16)18(25)22-8-6-21(7-9-22)13-15-12-17(24)23-10-11-27-19(23)20-15/h2-5,10-12H,6-9,13H2,1H3. The van der Waals surface area contributed by atoms with Gasteiger partial charge in [0.05, 0.1) is 12.8 Å². The van der Waals surface area contributed by atoms with E-state index < -0.39 is 0 Å². The van der Waals surface area contributed by atoms with E-state index in [0.29, 0.717) is 30.2 Å². The topological polar surface area (TPSA) is 67.2 Å². The van der Waals surface area contributed by atoms with Gasteiger partial charge in [-0.05, 0) is 24.3 Å². The Morgan fingerprint density at radius 3 is 2.63 bits per heavy atom. The fraction of sp³-hybridized carbons (Fsp3) is 0.316. The molecular formula is C19H20N4O3S. The second kappa shape index (κ2) is 7.50. The molecular weight excluding hydrogens is 364 g/mol. The summed E-state index contributed by atoms with van der Waals surface area (Å²) in [7, 11) is 1.61. The van der Waals surface area contributed by atoms with Crippen molar-refractivity contribution in [1.29, 1.82) is 0 Å². The number of methoxy groups -OCH3 is 1. The van der Waals surface area contributed by atoms with Gasteiger partial charge in [0, 0.05) is 55.9 Å². The first-order chi connectivity index (χ1) is 13.1. The zero-order chi connectivity index (χ0) is 18.8. The molecule has 1 aliphatic heterocycles. The maximum atomic E-state index is 12.6. The summed E-state index contributed by atoms with van der Waals surface area (Å²) in [4.78, 5) is 34.1. The molecule has 27 heavy (non-hydrogen) atoms. The highest BCUT2D eigenvalue weighted by Gasteiger charge is 2.22. The minimum atomic E-state index is -0.0513. The molecule has 1 aromatic carbocycles. The first-order valence-corrected chi connectivity index (χ1v) is 9.63. The average Bonchev–Trinajstić information content (AvgIpc) is 3.17. The molecule has 0 N–H and O–H groups in total. The van der Waals surface area contributed by atoms with E-state index in [4.69, 9.17) is 4.74 Å². The Hall–Kier alpha value is -2.71. The van der Waals surface area contributed by atoms with Gasteiger partial charge in [-0.15, -0.1) is 11.3 Å². The summed E-state index contributed by atoms with van der Waals surface area (Å²) >= 11 is 1.45. The van der Waals surface area contributed by atoms with Crippen LogP contribution in [0.5, 0.6) is 5.75 Å². The zero-order valence-corrected chi connectivity index (χ0v) is 15.8. The van der Waals surface area contributed by atoms with Crippen LogP contribution < -0.4 is 10.3 Å². The van der Waals surface area contributed by atoms with Crippen LogP contribution in [0.3, 0.4) is 0 Å². The molecule has 2 aromatic heterocycles. The maximum absolute atomic E-state index is 12.6. The maximum Gasteiger partial charge on any atom is 0.258 e. The van der Waals surface area contributed by atoms with Gasteiger partial charge < -0.3 is 9.64 Å². The Kier molecular flexibility index (Phi) is 4.91. The molecule has 0 radical (unpaired) electrons. The third kappa shape index (κ3) is 3.72. The summed E-state index contributed by atoms with van der Waals surface area (Å²) in [5.74, 6) is 0.774. The van der Waals surface area contributed by atoms with Crippen LogP contribution >= 0.6 is 11.3 Å². The lowest BCUT2D eigenvalue weighted by atomic mass is 10.1. The number of carbonyl (C=O) groups excluding carboxylic acids is 1. The summed E-state index contributed by atoms with van der Waals surface area (Å²) in [6.45, 7) is 3.45. The summed E-state index contributed by atoms with van der Waals surface area (Å²) in [6, 6.07) is 8.78. The molecule has 0 bridgehead atoms. The van der Waals surface area contributed by atoms with Crippen LogP contribution in [0.4, 0.5) is 0 Å². The highest BCUT2D eigenvalue weighted by molar-refractivity contribution is 7.15. The Bertz CT molecular complexity index is 1000. The molecule has 0 saturated carbocycles. The first kappa shape index (κ1) is 17.7. The van der Waals surface area contributed by atoms with Gasteiger partial charge in [0.25, 0.3) is 11.5 Å². The summed E-state index contributed by atoms with van der Waals surface area (Å²) in [5.41, 5.74) is 1.39. The number of carbonyl (C=O) groups is 1. The summed E-state index contributed by atoms with van der Waals surface area (Å²) in [6.07, 6.45) is 1.74. The fourth-order valence-electron chi connectivity index (χ4n) is 3.22. The smallest absolute Gasteiger partial charge is 0.258 e. The van der Waals surface area contributed by atoms with E-state index in [1.807, 2.05) is 10.3 Å². The molecule has 140 valence electrons. The van der Waals surface area contributed by atoms with Crippen molar-refractivity contribution < 1.29 is 9.53 Å². The Balaban J connectivity index is 1.37. The quantitative estimate of drug-likeness (QED) is 0.685. The average molecular weight is 384 g/mol. The zero-order valence-electron chi connectivity index (χ0n) is 15.0. The van der Waals surface area contributed by atoms with Gasteiger partial charge in [-0.25, -0.2) is 4.98 Å². The summed E-state index contributed by atoms with van der Waals surface area (Å²) in [5, 5.41) is 1.86. The van der Waals surface area contributed by atoms with Crippen LogP contribution in [0.25, 0.3) is 4.96 Å². The van der Waals surface area contributed by atoms with Crippen LogP contribution in [-0.2, 0) is 6.54 Å². The monoisotopic (exact) mass is 384 g/mol. The van der Waals surface area contributed by atoms with E-state index >= 15 is 0 Å². The van der Waals surface area contributed by atoms with E-state index in [-0.39, 0.29) is 11.5 Å². The third-order valence-corrected chi connectivity index (χ3v) is 5.49. The first-order valence-electron chi connectivity index (χ1n) is 8.75. The Labute approximate surface area is 160 Å². The number of benzene rings is 1. The van der Waals surface area contributed by atoms with Crippen molar-refractivity contribution in [2.75, 3.05) is 33.3 Å². The highest BCUT2D eigenvalue weighted by Crippen LogP contribution is 2.15. The molecule has 1 saturated heterocycles. The van der Waals surface area contributed by atoms with Crippen molar-refractivity contribution in [3.05, 3.63) is 63.5 Å². The predicted molar refractivity (Wildman–Crippen MR) is 104 cm³/mol. The van der Waals surface area contributed by atoms with Gasteiger partial charge in [0.2, 0.25) is 0 Å². The molecule has 8 heteroatoms. The SMILES string of the molecule is COc1ccc(C(=O)N2CCN(Cc3cc(=O)n4ccsc4n3)CC2)cc1. The molecule has 7 nitrogen and oxygen atoms in total. The predicted octanol–water partition coefficient (Wildman–Crippen LogP) is 1.72. The molecule has 1 fully saturated rings. The molecule has 3 heterocycles. The number of ether oxygens (including phenoxy) is 1. The van der Waals surface area contributed by atoms with E-state index in [1.54, 1.807) is 48.0 Å². The van der Waals surface area contributed by atoms with Crippen molar-refractivity contribution in [3.63, 3.8) is 0 Å². The number of fused-ring (bicyclic) bond motifs is 1. The minimum Gasteiger partial charge on any atom is -0.497 e. The van der Waals surface area contributed by atoms with E-state index in [2.05, 4.69) is 9.88 Å². The van der Waals surface area contributed by atoms with E-state index in [0.717, 1.165) is 24.5 Å². The normalized spacial score (nSPS) is 15.2. The number of nitrogens with zero attached hydrogens (tertiary/aromatic N) is 4. The molecule has 0 unspecified atom stereocenters. The van der Waals surface area contributed by atoms with Crippen molar-refractivity contribution in [1.82, 2.24) is 19.2 Å². The lowest BCUT2D eigenvalue weighted by molar-refractivity contribution is 0.0627. The van der Waals surface area contributed by atoms with Crippen LogP contribution in [0.2, 0.25) is 0 Å². The summed E-state index contributed by atoms with van der Waals surface area (Å²) < 4.78 is 6.69. The molecule has 0 atom stereocenters. The largest absolute Gasteiger partial charge is 0.497 e. The van der Waals surface area contributed by atoms with Gasteiger partial charge >= 0.3 is 0 Å². The van der Waals surface area contributed by atoms with Crippen LogP contribution in [-0.4, -0.2) is 58.4 Å². The van der Waals surface area contributed by atoms with Crippen LogP contribution in [0.1, 0.15) is 16.1 Å². The van der Waals surface area contributed by atoms with Gasteiger partial charge in [-0.2, -0.15) is 0 Å². The van der Waals surface area contributed by atoms with Crippen molar-refractivity contribution >= 4 is 22.2 Å². The van der Waals surface area contributed by atoms with E-state index in [1.165, 1.54) is 11.3 Å². The second-order valence-corrected chi connectivity index (χ2v) is 7.31. The number of hydrogen-bond donors (Lipinski definition) is 0. The third-order valence-electron chi connectivity index (χ3n) is 4.74. The molecule has 0 spiro atoms. The Morgan fingerprint density at radius 1 is 1.19 bits per heavy atom. The van der Waals surface area contributed by atoms with Gasteiger partial charge in [0.15, 0.2) is 4.96 Å². The number of amides is 1. The number of thiazole rings is 1. The van der Waals surface area contributed by atoms with Crippen LogP contribution in [0, 0.1) is 0 Å². The van der Waals surface area contributed by atoms with Crippen LogP contribution in [0.15, 0.2) is 46.7 Å². The van der Waals surface area contributed by atoms with Gasteiger partial charge in [-0.1, -0.05) is 0 Å². The number of rotatable bonds is 4. The lowest BCUT2D eigenvalue weighted by Gasteiger charge is -2.34. The lowest BCUT2D eigenvalue weighted by Crippen LogP contribution is -2.48. The number of aromatic nitrogens is 2.